The number of hydrogen-bond acceptors (Lipinski definition) is 3. The average molecular weight is 417 g/mol. The molecular formula is C18H20BrClFNO2. The molecule has 24 heavy (non-hydrogen) atoms. The van der Waals surface area contributed by atoms with Crippen LogP contribution in [-0.2, 0) is 13.2 Å². The summed E-state index contributed by atoms with van der Waals surface area (Å²) in [7, 11) is 1.60. The first-order chi connectivity index (χ1) is 11.4. The maximum atomic E-state index is 13.2. The van der Waals surface area contributed by atoms with Gasteiger partial charge >= 0.3 is 0 Å². The lowest BCUT2D eigenvalue weighted by Gasteiger charge is -2.18. The molecule has 0 atom stereocenters. The van der Waals surface area contributed by atoms with Gasteiger partial charge in [-0.15, -0.1) is 0 Å². The van der Waals surface area contributed by atoms with Crippen molar-refractivity contribution in [3.8, 4) is 11.5 Å². The van der Waals surface area contributed by atoms with Crippen molar-refractivity contribution >= 4 is 27.5 Å². The van der Waals surface area contributed by atoms with Gasteiger partial charge in [0.05, 0.1) is 12.1 Å². The van der Waals surface area contributed by atoms with Gasteiger partial charge in [0.25, 0.3) is 0 Å². The van der Waals surface area contributed by atoms with Gasteiger partial charge in [0, 0.05) is 28.2 Å². The van der Waals surface area contributed by atoms with E-state index in [4.69, 9.17) is 21.1 Å². The fourth-order valence-corrected chi connectivity index (χ4v) is 2.84. The zero-order chi connectivity index (χ0) is 17.7. The van der Waals surface area contributed by atoms with Crippen molar-refractivity contribution in [3.05, 3.63) is 56.8 Å². The van der Waals surface area contributed by atoms with Crippen LogP contribution in [0.2, 0.25) is 5.02 Å². The van der Waals surface area contributed by atoms with Crippen molar-refractivity contribution in [2.24, 2.45) is 0 Å². The van der Waals surface area contributed by atoms with Crippen LogP contribution in [-0.4, -0.2) is 13.2 Å². The Morgan fingerprint density at radius 1 is 1.25 bits per heavy atom. The molecule has 0 fully saturated rings. The summed E-state index contributed by atoms with van der Waals surface area (Å²) in [5.74, 6) is 0.906. The van der Waals surface area contributed by atoms with Gasteiger partial charge < -0.3 is 14.8 Å². The number of halogens is 3. The summed E-state index contributed by atoms with van der Waals surface area (Å²) in [4.78, 5) is 0. The largest absolute Gasteiger partial charge is 0.493 e. The number of benzene rings is 2. The van der Waals surface area contributed by atoms with Gasteiger partial charge in [-0.25, -0.2) is 4.39 Å². The maximum Gasteiger partial charge on any atom is 0.167 e. The van der Waals surface area contributed by atoms with E-state index in [-0.39, 0.29) is 12.4 Å². The molecule has 1 N–H and O–H groups in total. The van der Waals surface area contributed by atoms with Crippen LogP contribution in [0.4, 0.5) is 4.39 Å². The summed E-state index contributed by atoms with van der Waals surface area (Å²) in [6, 6.07) is 8.36. The van der Waals surface area contributed by atoms with Crippen LogP contribution in [0, 0.1) is 5.82 Å². The third kappa shape index (κ3) is 4.85. The monoisotopic (exact) mass is 415 g/mol. The Kier molecular flexibility index (Phi) is 6.90. The van der Waals surface area contributed by atoms with E-state index in [0.717, 1.165) is 10.0 Å². The normalized spacial score (nSPS) is 11.0. The van der Waals surface area contributed by atoms with Crippen LogP contribution >= 0.6 is 27.5 Å². The molecule has 0 radical (unpaired) electrons. The lowest BCUT2D eigenvalue weighted by molar-refractivity contribution is 0.280. The highest BCUT2D eigenvalue weighted by Crippen LogP contribution is 2.37. The smallest absolute Gasteiger partial charge is 0.167 e. The highest BCUT2D eigenvalue weighted by Gasteiger charge is 2.16. The molecule has 6 heteroatoms. The molecule has 0 unspecified atom stereocenters. The molecule has 0 heterocycles. The van der Waals surface area contributed by atoms with E-state index in [9.17, 15) is 4.39 Å². The van der Waals surface area contributed by atoms with Crippen molar-refractivity contribution in [1.82, 2.24) is 5.32 Å². The summed E-state index contributed by atoms with van der Waals surface area (Å²) in [6.45, 7) is 5.00. The number of methoxy groups -OCH3 is 1. The van der Waals surface area contributed by atoms with E-state index in [1.54, 1.807) is 13.2 Å². The Bertz CT molecular complexity index is 710. The molecule has 0 aliphatic heterocycles. The van der Waals surface area contributed by atoms with Gasteiger partial charge in [-0.05, 0) is 24.3 Å². The fraction of sp³-hybridized carbons (Fsp3) is 0.333. The van der Waals surface area contributed by atoms with Crippen LogP contribution in [0.15, 0.2) is 34.8 Å². The second-order valence-electron chi connectivity index (χ2n) is 5.62. The highest BCUT2D eigenvalue weighted by atomic mass is 79.9. The number of rotatable bonds is 7. The topological polar surface area (TPSA) is 30.5 Å². The molecule has 0 aliphatic carbocycles. The first-order valence-corrected chi connectivity index (χ1v) is 8.75. The number of ether oxygens (including phenoxy) is 2. The van der Waals surface area contributed by atoms with Crippen LogP contribution in [0.3, 0.4) is 0 Å². The summed E-state index contributed by atoms with van der Waals surface area (Å²) < 4.78 is 25.5. The summed E-state index contributed by atoms with van der Waals surface area (Å²) in [5.41, 5.74) is 1.67. The second kappa shape index (κ2) is 8.70. The van der Waals surface area contributed by atoms with Crippen molar-refractivity contribution in [1.29, 1.82) is 0 Å². The summed E-state index contributed by atoms with van der Waals surface area (Å²) in [6.07, 6.45) is 0. The molecule has 2 aromatic carbocycles. The minimum atomic E-state index is -0.370. The maximum absolute atomic E-state index is 13.2. The fourth-order valence-electron chi connectivity index (χ4n) is 2.16. The molecule has 2 rings (SSSR count). The molecule has 0 amide bonds. The van der Waals surface area contributed by atoms with Gasteiger partial charge in [-0.2, -0.15) is 0 Å². The Labute approximate surface area is 155 Å². The van der Waals surface area contributed by atoms with E-state index >= 15 is 0 Å². The van der Waals surface area contributed by atoms with Gasteiger partial charge in [-0.1, -0.05) is 47.4 Å². The average Bonchev–Trinajstić information content (AvgIpc) is 2.53. The van der Waals surface area contributed by atoms with E-state index in [1.807, 2.05) is 12.1 Å². The van der Waals surface area contributed by atoms with E-state index in [1.165, 1.54) is 12.1 Å². The quantitative estimate of drug-likeness (QED) is 0.662. The van der Waals surface area contributed by atoms with Crippen LogP contribution in [0.25, 0.3) is 0 Å². The zero-order valence-corrected chi connectivity index (χ0v) is 16.2. The summed E-state index contributed by atoms with van der Waals surface area (Å²) in [5, 5.41) is 3.71. The van der Waals surface area contributed by atoms with E-state index in [0.29, 0.717) is 34.7 Å². The van der Waals surface area contributed by atoms with Gasteiger partial charge in [-0.3, -0.25) is 0 Å². The van der Waals surface area contributed by atoms with Gasteiger partial charge in [0.15, 0.2) is 11.5 Å². The second-order valence-corrected chi connectivity index (χ2v) is 6.88. The van der Waals surface area contributed by atoms with Crippen LogP contribution < -0.4 is 14.8 Å². The predicted molar refractivity (Wildman–Crippen MR) is 98.4 cm³/mol. The molecule has 130 valence electrons. The number of nitrogens with one attached hydrogen (secondary N) is 1. The highest BCUT2D eigenvalue weighted by molar-refractivity contribution is 9.10. The third-order valence-electron chi connectivity index (χ3n) is 3.46. The molecule has 0 spiro atoms. The molecule has 0 aromatic heterocycles. The zero-order valence-electron chi connectivity index (χ0n) is 13.8. The molecular weight excluding hydrogens is 397 g/mol. The van der Waals surface area contributed by atoms with E-state index in [2.05, 4.69) is 35.1 Å². The Morgan fingerprint density at radius 3 is 2.62 bits per heavy atom. The summed E-state index contributed by atoms with van der Waals surface area (Å²) >= 11 is 9.63. The molecule has 0 saturated carbocycles. The van der Waals surface area contributed by atoms with Crippen molar-refractivity contribution < 1.29 is 13.9 Å². The lowest BCUT2D eigenvalue weighted by atomic mass is 10.1. The molecule has 2 aromatic rings. The first-order valence-electron chi connectivity index (χ1n) is 7.57. The lowest BCUT2D eigenvalue weighted by Crippen LogP contribution is -2.22. The molecule has 0 saturated heterocycles. The van der Waals surface area contributed by atoms with E-state index < -0.39 is 0 Å². The molecule has 0 bridgehead atoms. The third-order valence-corrected chi connectivity index (χ3v) is 4.56. The van der Waals surface area contributed by atoms with Crippen molar-refractivity contribution in [2.75, 3.05) is 7.11 Å². The Hall–Kier alpha value is -1.30. The van der Waals surface area contributed by atoms with Gasteiger partial charge in [0.1, 0.15) is 12.4 Å². The molecule has 0 aliphatic rings. The van der Waals surface area contributed by atoms with Crippen molar-refractivity contribution in [3.63, 3.8) is 0 Å². The minimum Gasteiger partial charge on any atom is -0.493 e. The Morgan fingerprint density at radius 2 is 2.00 bits per heavy atom. The SMILES string of the molecule is COc1ccc(Br)c(CNC(C)C)c1OCc1ccc(F)cc1Cl. The van der Waals surface area contributed by atoms with Crippen LogP contribution in [0.5, 0.6) is 11.5 Å². The Balaban J connectivity index is 2.27. The predicted octanol–water partition coefficient (Wildman–Crippen LogP) is 5.33. The van der Waals surface area contributed by atoms with Gasteiger partial charge in [0.2, 0.25) is 0 Å². The van der Waals surface area contributed by atoms with Crippen LogP contribution in [0.1, 0.15) is 25.0 Å². The molecule has 3 nitrogen and oxygen atoms in total. The number of hydrogen-bond donors (Lipinski definition) is 1. The standard InChI is InChI=1S/C18H20BrClFNO2/c1-11(2)22-9-14-15(19)6-7-17(23-3)18(14)24-10-12-4-5-13(21)8-16(12)20/h4-8,11,22H,9-10H2,1-3H3. The first kappa shape index (κ1) is 19.0. The minimum absolute atomic E-state index is 0.223. The van der Waals surface area contributed by atoms with Crippen molar-refractivity contribution in [2.45, 2.75) is 33.0 Å².